The summed E-state index contributed by atoms with van der Waals surface area (Å²) in [6.45, 7) is 5.02. The van der Waals surface area contributed by atoms with Gasteiger partial charge in [-0.05, 0) is 75.4 Å². The van der Waals surface area contributed by atoms with Gasteiger partial charge in [0, 0.05) is 23.1 Å². The molecular formula is C28H31BrFN3O5S. The molecule has 0 unspecified atom stereocenters. The molecule has 1 N–H and O–H groups in total. The van der Waals surface area contributed by atoms with Crippen LogP contribution in [0.1, 0.15) is 26.3 Å². The van der Waals surface area contributed by atoms with Crippen molar-refractivity contribution in [3.8, 4) is 5.75 Å². The molecule has 0 bridgehead atoms. The smallest absolute Gasteiger partial charge is 0.264 e. The topological polar surface area (TPSA) is 96.0 Å². The lowest BCUT2D eigenvalue weighted by Gasteiger charge is -2.32. The van der Waals surface area contributed by atoms with E-state index >= 15 is 0 Å². The Morgan fingerprint density at radius 1 is 1.00 bits per heavy atom. The van der Waals surface area contributed by atoms with Gasteiger partial charge in [0.1, 0.15) is 24.2 Å². The quantitative estimate of drug-likeness (QED) is 0.316. The number of sulfonamides is 1. The summed E-state index contributed by atoms with van der Waals surface area (Å²) in [5, 5.41) is 2.67. The van der Waals surface area contributed by atoms with Crippen molar-refractivity contribution in [3.05, 3.63) is 88.6 Å². The molecule has 8 nitrogen and oxygen atoms in total. The molecule has 0 heterocycles. The molecule has 2 amide bonds. The predicted molar refractivity (Wildman–Crippen MR) is 151 cm³/mol. The molecule has 0 saturated carbocycles. The van der Waals surface area contributed by atoms with Crippen LogP contribution in [0, 0.1) is 5.82 Å². The number of benzene rings is 3. The Morgan fingerprint density at radius 3 is 2.23 bits per heavy atom. The van der Waals surface area contributed by atoms with Crippen molar-refractivity contribution in [2.24, 2.45) is 0 Å². The van der Waals surface area contributed by atoms with Crippen LogP contribution in [0.4, 0.5) is 10.1 Å². The number of amides is 2. The summed E-state index contributed by atoms with van der Waals surface area (Å²) in [7, 11) is -4.21. The van der Waals surface area contributed by atoms with Crippen LogP contribution in [-0.4, -0.2) is 50.9 Å². The highest BCUT2D eigenvalue weighted by Gasteiger charge is 2.32. The lowest BCUT2D eigenvalue weighted by molar-refractivity contribution is -0.139. The van der Waals surface area contributed by atoms with Crippen molar-refractivity contribution in [2.75, 3.05) is 24.0 Å². The van der Waals surface area contributed by atoms with Crippen molar-refractivity contribution in [1.82, 2.24) is 10.2 Å². The van der Waals surface area contributed by atoms with Crippen LogP contribution in [0.15, 0.2) is 82.2 Å². The first kappa shape index (κ1) is 30.1. The molecule has 0 saturated heterocycles. The zero-order valence-corrected chi connectivity index (χ0v) is 24.3. The van der Waals surface area contributed by atoms with Crippen LogP contribution in [0.5, 0.6) is 5.75 Å². The second-order valence-corrected chi connectivity index (χ2v) is 11.4. The van der Waals surface area contributed by atoms with Crippen molar-refractivity contribution in [3.63, 3.8) is 0 Å². The lowest BCUT2D eigenvalue weighted by atomic mass is 10.1. The number of likely N-dealkylation sites (N-methyl/N-ethyl adjacent to an activating group) is 1. The summed E-state index contributed by atoms with van der Waals surface area (Å²) in [5.41, 5.74) is 0.427. The number of carbonyl (C=O) groups excluding carboxylic acids is 2. The number of halogens is 2. The summed E-state index contributed by atoms with van der Waals surface area (Å²) in [6.07, 6.45) is 0. The maximum atomic E-state index is 14.5. The van der Waals surface area contributed by atoms with Crippen molar-refractivity contribution in [1.29, 1.82) is 0 Å². The van der Waals surface area contributed by atoms with Crippen LogP contribution in [0.3, 0.4) is 0 Å². The number of nitrogens with zero attached hydrogens (tertiary/aromatic N) is 2. The molecule has 1 atom stereocenters. The van der Waals surface area contributed by atoms with Crippen molar-refractivity contribution >= 4 is 43.5 Å². The number of anilines is 1. The van der Waals surface area contributed by atoms with E-state index in [0.29, 0.717) is 23.4 Å². The number of ether oxygens (including phenoxy) is 1. The monoisotopic (exact) mass is 619 g/mol. The summed E-state index contributed by atoms with van der Waals surface area (Å²) in [5.74, 6) is -1.11. The third kappa shape index (κ3) is 7.57. The Balaban J connectivity index is 2.04. The van der Waals surface area contributed by atoms with E-state index in [2.05, 4.69) is 21.2 Å². The first-order chi connectivity index (χ1) is 18.6. The zero-order valence-electron chi connectivity index (χ0n) is 21.9. The molecule has 0 fully saturated rings. The molecule has 3 rings (SSSR count). The van der Waals surface area contributed by atoms with Gasteiger partial charge in [0.15, 0.2) is 0 Å². The van der Waals surface area contributed by atoms with E-state index in [0.717, 1.165) is 4.31 Å². The molecule has 39 heavy (non-hydrogen) atoms. The minimum atomic E-state index is -4.21. The summed E-state index contributed by atoms with van der Waals surface area (Å²) in [6, 6.07) is 17.3. The van der Waals surface area contributed by atoms with Gasteiger partial charge in [0.2, 0.25) is 11.8 Å². The van der Waals surface area contributed by atoms with Gasteiger partial charge in [-0.3, -0.25) is 13.9 Å². The average molecular weight is 621 g/mol. The van der Waals surface area contributed by atoms with Gasteiger partial charge in [-0.1, -0.05) is 34.1 Å². The van der Waals surface area contributed by atoms with Gasteiger partial charge in [0.05, 0.1) is 17.2 Å². The Labute approximate surface area is 236 Å². The maximum Gasteiger partial charge on any atom is 0.264 e. The molecule has 3 aromatic rings. The highest BCUT2D eigenvalue weighted by atomic mass is 79.9. The number of rotatable bonds is 12. The largest absolute Gasteiger partial charge is 0.494 e. The van der Waals surface area contributed by atoms with E-state index in [9.17, 15) is 22.4 Å². The van der Waals surface area contributed by atoms with Crippen LogP contribution in [0.2, 0.25) is 0 Å². The molecule has 11 heteroatoms. The molecule has 0 aliphatic rings. The summed E-state index contributed by atoms with van der Waals surface area (Å²) >= 11 is 3.30. The van der Waals surface area contributed by atoms with Crippen molar-refractivity contribution in [2.45, 2.75) is 38.3 Å². The zero-order chi connectivity index (χ0) is 28.6. The fourth-order valence-electron chi connectivity index (χ4n) is 3.85. The Kier molecular flexibility index (Phi) is 10.5. The molecule has 0 radical (unpaired) electrons. The van der Waals surface area contributed by atoms with E-state index in [1.54, 1.807) is 49.4 Å². The Hall–Kier alpha value is -3.44. The number of carbonyl (C=O) groups is 2. The van der Waals surface area contributed by atoms with Gasteiger partial charge in [-0.2, -0.15) is 0 Å². The Morgan fingerprint density at radius 2 is 1.64 bits per heavy atom. The number of hydrogen-bond acceptors (Lipinski definition) is 5. The van der Waals surface area contributed by atoms with Crippen LogP contribution in [-0.2, 0) is 26.2 Å². The van der Waals surface area contributed by atoms with Gasteiger partial charge in [0.25, 0.3) is 10.0 Å². The standard InChI is InChI=1S/C28H31BrFN3O5S/c1-4-31-28(35)20(3)32(18-21-8-6-7-9-26(21)30)27(34)19-33(23-12-14-24(15-13-23)38-5-2)39(36,37)25-16-10-22(29)11-17-25/h6-17,20H,4-5,18-19H2,1-3H3,(H,31,35)/t20-/m1/s1. The Bertz CT molecular complexity index is 1390. The fourth-order valence-corrected chi connectivity index (χ4v) is 5.53. The molecule has 0 spiro atoms. The molecule has 208 valence electrons. The third-order valence-corrected chi connectivity index (χ3v) is 8.25. The second-order valence-electron chi connectivity index (χ2n) is 8.58. The molecule has 0 aliphatic carbocycles. The van der Waals surface area contributed by atoms with Gasteiger partial charge < -0.3 is 15.0 Å². The van der Waals surface area contributed by atoms with Crippen molar-refractivity contribution < 1.29 is 27.1 Å². The minimum Gasteiger partial charge on any atom is -0.494 e. The predicted octanol–water partition coefficient (Wildman–Crippen LogP) is 4.74. The average Bonchev–Trinajstić information content (AvgIpc) is 2.92. The molecular weight excluding hydrogens is 589 g/mol. The van der Waals surface area contributed by atoms with Gasteiger partial charge in [-0.15, -0.1) is 0 Å². The molecule has 0 aliphatic heterocycles. The van der Waals surface area contributed by atoms with Gasteiger partial charge >= 0.3 is 0 Å². The summed E-state index contributed by atoms with van der Waals surface area (Å²) in [4.78, 5) is 27.7. The minimum absolute atomic E-state index is 0.0233. The SMILES string of the molecule is CCNC(=O)[C@@H](C)N(Cc1ccccc1F)C(=O)CN(c1ccc(OCC)cc1)S(=O)(=O)c1ccc(Br)cc1. The van der Waals surface area contributed by atoms with E-state index in [-0.39, 0.29) is 22.7 Å². The van der Waals surface area contributed by atoms with Crippen LogP contribution in [0.25, 0.3) is 0 Å². The van der Waals surface area contributed by atoms with E-state index in [1.165, 1.54) is 42.2 Å². The first-order valence-corrected chi connectivity index (χ1v) is 14.6. The molecule has 3 aromatic carbocycles. The number of nitrogens with one attached hydrogen (secondary N) is 1. The highest BCUT2D eigenvalue weighted by Crippen LogP contribution is 2.27. The highest BCUT2D eigenvalue weighted by molar-refractivity contribution is 9.10. The van der Waals surface area contributed by atoms with Gasteiger partial charge in [-0.25, -0.2) is 12.8 Å². The van der Waals surface area contributed by atoms with E-state index in [4.69, 9.17) is 4.74 Å². The van der Waals surface area contributed by atoms with E-state index < -0.39 is 40.2 Å². The fraction of sp³-hybridized carbons (Fsp3) is 0.286. The first-order valence-electron chi connectivity index (χ1n) is 12.4. The third-order valence-electron chi connectivity index (χ3n) is 5.93. The normalized spacial score (nSPS) is 11.9. The summed E-state index contributed by atoms with van der Waals surface area (Å²) < 4.78 is 49.3. The number of hydrogen-bond donors (Lipinski definition) is 1. The lowest BCUT2D eigenvalue weighted by Crippen LogP contribution is -2.51. The second kappa shape index (κ2) is 13.6. The molecule has 0 aromatic heterocycles. The van der Waals surface area contributed by atoms with E-state index in [1.807, 2.05) is 6.92 Å². The van der Waals surface area contributed by atoms with Crippen LogP contribution < -0.4 is 14.4 Å². The van der Waals surface area contributed by atoms with Crippen LogP contribution >= 0.6 is 15.9 Å². The maximum absolute atomic E-state index is 14.5.